The molecule has 0 saturated heterocycles. The second kappa shape index (κ2) is 6.04. The highest BCUT2D eigenvalue weighted by atomic mass is 16.2. The molecule has 1 aromatic carbocycles. The molecule has 0 unspecified atom stereocenters. The Morgan fingerprint density at radius 3 is 2.76 bits per heavy atom. The van der Waals surface area contributed by atoms with Gasteiger partial charge in [0.1, 0.15) is 5.56 Å². The van der Waals surface area contributed by atoms with E-state index in [0.717, 1.165) is 10.9 Å². The second-order valence-electron chi connectivity index (χ2n) is 4.44. The molecule has 6 heteroatoms. The first kappa shape index (κ1) is 14.5. The fraction of sp³-hybridized carbons (Fsp3) is 0.133. The number of aryl methyl sites for hydroxylation is 1. The molecule has 1 amide bonds. The average Bonchev–Trinajstić information content (AvgIpc) is 2.50. The van der Waals surface area contributed by atoms with Crippen molar-refractivity contribution in [1.82, 2.24) is 9.88 Å². The molecule has 2 rings (SSSR count). The second-order valence-corrected chi connectivity index (χ2v) is 4.44. The quantitative estimate of drug-likeness (QED) is 0.816. The van der Waals surface area contributed by atoms with Gasteiger partial charge in [0.25, 0.3) is 11.5 Å². The van der Waals surface area contributed by atoms with Gasteiger partial charge in [-0.2, -0.15) is 0 Å². The number of allylic oxidation sites excluding steroid dienone is 1. The molecule has 6 nitrogen and oxygen atoms in total. The van der Waals surface area contributed by atoms with E-state index in [2.05, 4.69) is 10.3 Å². The number of carbonyl (C=O) groups is 1. The summed E-state index contributed by atoms with van der Waals surface area (Å²) in [5.74, 6) is -0.516. The van der Waals surface area contributed by atoms with E-state index in [9.17, 15) is 9.59 Å². The van der Waals surface area contributed by atoms with Crippen LogP contribution in [-0.2, 0) is 7.05 Å². The van der Waals surface area contributed by atoms with Crippen LogP contribution in [0, 0.1) is 0 Å². The molecular weight excluding hydrogens is 268 g/mol. The largest absolute Gasteiger partial charge is 0.403 e. The molecule has 108 valence electrons. The van der Waals surface area contributed by atoms with E-state index < -0.39 is 5.91 Å². The SMILES string of the molecule is CN=C/C(=C\N)NC(=O)c1cc2ccccc2n(C)c1=O. The molecule has 0 aliphatic rings. The van der Waals surface area contributed by atoms with Crippen LogP contribution in [0.25, 0.3) is 10.9 Å². The van der Waals surface area contributed by atoms with E-state index in [1.54, 1.807) is 20.2 Å². The Labute approximate surface area is 121 Å². The number of amides is 1. The molecule has 1 aromatic heterocycles. The number of nitrogens with zero attached hydrogens (tertiary/aromatic N) is 2. The lowest BCUT2D eigenvalue weighted by atomic mass is 10.1. The summed E-state index contributed by atoms with van der Waals surface area (Å²) in [5.41, 5.74) is 6.18. The summed E-state index contributed by atoms with van der Waals surface area (Å²) >= 11 is 0. The van der Waals surface area contributed by atoms with Crippen LogP contribution in [-0.4, -0.2) is 23.7 Å². The molecule has 1 heterocycles. The third-order valence-electron chi connectivity index (χ3n) is 3.08. The van der Waals surface area contributed by atoms with Crippen LogP contribution in [0.5, 0.6) is 0 Å². The molecule has 0 radical (unpaired) electrons. The molecule has 0 spiro atoms. The number of aromatic nitrogens is 1. The van der Waals surface area contributed by atoms with Crippen LogP contribution in [0.2, 0.25) is 0 Å². The first-order chi connectivity index (χ1) is 10.1. The number of pyridine rings is 1. The first-order valence-corrected chi connectivity index (χ1v) is 6.32. The topological polar surface area (TPSA) is 89.5 Å². The lowest BCUT2D eigenvalue weighted by molar-refractivity contribution is 0.0966. The van der Waals surface area contributed by atoms with Crippen LogP contribution >= 0.6 is 0 Å². The predicted molar refractivity (Wildman–Crippen MR) is 83.3 cm³/mol. The van der Waals surface area contributed by atoms with E-state index in [1.807, 2.05) is 24.3 Å². The van der Waals surface area contributed by atoms with Gasteiger partial charge in [0.05, 0.1) is 11.2 Å². The number of aliphatic imine (C=N–C) groups is 1. The van der Waals surface area contributed by atoms with Crippen molar-refractivity contribution < 1.29 is 4.79 Å². The zero-order valence-corrected chi connectivity index (χ0v) is 11.8. The Balaban J connectivity index is 2.49. The molecule has 0 saturated carbocycles. The molecular formula is C15H16N4O2. The van der Waals surface area contributed by atoms with Crippen molar-refractivity contribution >= 4 is 23.0 Å². The zero-order chi connectivity index (χ0) is 15.4. The van der Waals surface area contributed by atoms with Gasteiger partial charge in [-0.1, -0.05) is 18.2 Å². The van der Waals surface area contributed by atoms with Crippen LogP contribution in [0.3, 0.4) is 0 Å². The number of benzene rings is 1. The van der Waals surface area contributed by atoms with Gasteiger partial charge in [-0.05, 0) is 17.5 Å². The zero-order valence-electron chi connectivity index (χ0n) is 11.8. The summed E-state index contributed by atoms with van der Waals surface area (Å²) < 4.78 is 1.45. The molecule has 21 heavy (non-hydrogen) atoms. The van der Waals surface area contributed by atoms with Crippen LogP contribution < -0.4 is 16.6 Å². The third kappa shape index (κ3) is 2.84. The van der Waals surface area contributed by atoms with Gasteiger partial charge in [-0.15, -0.1) is 0 Å². The van der Waals surface area contributed by atoms with E-state index in [4.69, 9.17) is 5.73 Å². The maximum absolute atomic E-state index is 12.3. The van der Waals surface area contributed by atoms with Crippen molar-refractivity contribution in [2.24, 2.45) is 17.8 Å². The highest BCUT2D eigenvalue weighted by Crippen LogP contribution is 2.12. The fourth-order valence-corrected chi connectivity index (χ4v) is 2.04. The van der Waals surface area contributed by atoms with Gasteiger partial charge in [-0.25, -0.2) is 0 Å². The van der Waals surface area contributed by atoms with Crippen molar-refractivity contribution in [2.45, 2.75) is 0 Å². The summed E-state index contributed by atoms with van der Waals surface area (Å²) in [4.78, 5) is 28.3. The number of para-hydroxylation sites is 1. The Bertz CT molecular complexity index is 803. The maximum Gasteiger partial charge on any atom is 0.263 e. The molecule has 0 aliphatic heterocycles. The van der Waals surface area contributed by atoms with E-state index in [0.29, 0.717) is 5.70 Å². The highest BCUT2D eigenvalue weighted by molar-refractivity contribution is 6.00. The number of hydrogen-bond donors (Lipinski definition) is 2. The number of carbonyl (C=O) groups excluding carboxylic acids is 1. The standard InChI is InChI=1S/C15H16N4O2/c1-17-9-11(8-16)18-14(20)12-7-10-5-3-4-6-13(10)19(2)15(12)21/h3-9H,16H2,1-2H3,(H,18,20)/b11-8+,17-9?. The number of nitrogens with one attached hydrogen (secondary N) is 1. The lowest BCUT2D eigenvalue weighted by Gasteiger charge is -2.09. The van der Waals surface area contributed by atoms with Gasteiger partial charge in [0, 0.05) is 26.5 Å². The Morgan fingerprint density at radius 2 is 2.10 bits per heavy atom. The molecule has 2 aromatic rings. The molecule has 3 N–H and O–H groups in total. The normalized spacial score (nSPS) is 12.0. The number of hydrogen-bond acceptors (Lipinski definition) is 4. The molecule has 0 bridgehead atoms. The molecule has 0 aliphatic carbocycles. The van der Waals surface area contributed by atoms with Crippen molar-refractivity contribution in [2.75, 3.05) is 7.05 Å². The highest BCUT2D eigenvalue weighted by Gasteiger charge is 2.14. The summed E-state index contributed by atoms with van der Waals surface area (Å²) in [6.45, 7) is 0. The first-order valence-electron chi connectivity index (χ1n) is 6.32. The van der Waals surface area contributed by atoms with Crippen LogP contribution in [0.1, 0.15) is 10.4 Å². The van der Waals surface area contributed by atoms with E-state index in [1.165, 1.54) is 17.0 Å². The fourth-order valence-electron chi connectivity index (χ4n) is 2.04. The summed E-state index contributed by atoms with van der Waals surface area (Å²) in [6.07, 6.45) is 2.62. The van der Waals surface area contributed by atoms with Gasteiger partial charge in [-0.3, -0.25) is 14.6 Å². The van der Waals surface area contributed by atoms with Gasteiger partial charge in [0.2, 0.25) is 0 Å². The minimum absolute atomic E-state index is 0.0556. The Morgan fingerprint density at radius 1 is 1.38 bits per heavy atom. The monoisotopic (exact) mass is 284 g/mol. The van der Waals surface area contributed by atoms with Crippen molar-refractivity contribution in [3.05, 3.63) is 58.1 Å². The van der Waals surface area contributed by atoms with Gasteiger partial charge >= 0.3 is 0 Å². The summed E-state index contributed by atoms with van der Waals surface area (Å²) in [5, 5.41) is 3.36. The van der Waals surface area contributed by atoms with Crippen LogP contribution in [0.15, 0.2) is 52.0 Å². The van der Waals surface area contributed by atoms with Crippen molar-refractivity contribution in [1.29, 1.82) is 0 Å². The average molecular weight is 284 g/mol. The number of nitrogens with two attached hydrogens (primary N) is 1. The number of fused-ring (bicyclic) bond motifs is 1. The smallest absolute Gasteiger partial charge is 0.263 e. The van der Waals surface area contributed by atoms with Crippen molar-refractivity contribution in [3.8, 4) is 0 Å². The minimum Gasteiger partial charge on any atom is -0.403 e. The summed E-state index contributed by atoms with van der Waals surface area (Å²) in [7, 11) is 3.19. The summed E-state index contributed by atoms with van der Waals surface area (Å²) in [6, 6.07) is 8.94. The Kier molecular flexibility index (Phi) is 4.18. The molecule has 0 atom stereocenters. The van der Waals surface area contributed by atoms with E-state index >= 15 is 0 Å². The Hall–Kier alpha value is -2.89. The molecule has 0 fully saturated rings. The minimum atomic E-state index is -0.516. The van der Waals surface area contributed by atoms with Gasteiger partial charge < -0.3 is 15.6 Å². The number of rotatable bonds is 3. The third-order valence-corrected chi connectivity index (χ3v) is 3.08. The van der Waals surface area contributed by atoms with E-state index in [-0.39, 0.29) is 11.1 Å². The van der Waals surface area contributed by atoms with Gasteiger partial charge in [0.15, 0.2) is 0 Å². The predicted octanol–water partition coefficient (Wildman–Crippen LogP) is 0.769. The van der Waals surface area contributed by atoms with Crippen molar-refractivity contribution in [3.63, 3.8) is 0 Å². The maximum atomic E-state index is 12.3. The van der Waals surface area contributed by atoms with Crippen LogP contribution in [0.4, 0.5) is 0 Å². The lowest BCUT2D eigenvalue weighted by Crippen LogP contribution is -2.32.